The number of benzene rings is 2. The van der Waals surface area contributed by atoms with Crippen LogP contribution in [-0.4, -0.2) is 36.4 Å². The number of nitrogens with one attached hydrogen (secondary N) is 1. The molecular weight excluding hydrogens is 370 g/mol. The molecule has 0 aliphatic heterocycles. The predicted molar refractivity (Wildman–Crippen MR) is 114 cm³/mol. The molecule has 6 nitrogen and oxygen atoms in total. The molecule has 0 heterocycles. The molecule has 3 N–H and O–H groups in total. The van der Waals surface area contributed by atoms with E-state index in [1.54, 1.807) is 19.3 Å². The summed E-state index contributed by atoms with van der Waals surface area (Å²) in [6.07, 6.45) is 6.97. The first-order valence-corrected chi connectivity index (χ1v) is 9.81. The number of carbonyl (C=O) groups is 1. The third-order valence-corrected chi connectivity index (χ3v) is 4.37. The number of ether oxygens (including phenoxy) is 2. The van der Waals surface area contributed by atoms with Crippen molar-refractivity contribution in [1.29, 1.82) is 0 Å². The van der Waals surface area contributed by atoms with Crippen LogP contribution in [0.4, 0.5) is 0 Å². The van der Waals surface area contributed by atoms with Gasteiger partial charge >= 0.3 is 0 Å². The average molecular weight is 399 g/mol. The van der Waals surface area contributed by atoms with Crippen LogP contribution in [-0.2, 0) is 11.2 Å². The molecule has 6 heteroatoms. The van der Waals surface area contributed by atoms with Gasteiger partial charge in [0, 0.05) is 12.6 Å². The highest BCUT2D eigenvalue weighted by Crippen LogP contribution is 2.29. The Labute approximate surface area is 171 Å². The van der Waals surface area contributed by atoms with Gasteiger partial charge in [-0.2, -0.15) is 0 Å². The summed E-state index contributed by atoms with van der Waals surface area (Å²) in [7, 11) is 1.60. The van der Waals surface area contributed by atoms with Crippen molar-refractivity contribution in [2.45, 2.75) is 32.6 Å². The number of hydrogen-bond acceptors (Lipinski definition) is 5. The molecule has 0 unspecified atom stereocenters. The lowest BCUT2D eigenvalue weighted by atomic mass is 10.1. The number of carbonyl (C=O) groups excluding carboxylic acids is 1. The summed E-state index contributed by atoms with van der Waals surface area (Å²) < 4.78 is 11.1. The first-order valence-electron chi connectivity index (χ1n) is 9.81. The second kappa shape index (κ2) is 11.6. The fraction of sp³-hybridized carbons (Fsp3) is 0.348. The second-order valence-corrected chi connectivity index (χ2v) is 6.66. The lowest BCUT2D eigenvalue weighted by Crippen LogP contribution is -2.23. The molecule has 0 saturated carbocycles. The molecule has 0 radical (unpaired) electrons. The van der Waals surface area contributed by atoms with Crippen LogP contribution in [0.3, 0.4) is 0 Å². The fourth-order valence-corrected chi connectivity index (χ4v) is 2.73. The lowest BCUT2D eigenvalue weighted by Gasteiger charge is -2.11. The smallest absolute Gasteiger partial charge is 0.244 e. The van der Waals surface area contributed by atoms with E-state index >= 15 is 0 Å². The van der Waals surface area contributed by atoms with Crippen LogP contribution in [0, 0.1) is 0 Å². The predicted octanol–water partition coefficient (Wildman–Crippen LogP) is 4.05. The normalized spacial score (nSPS) is 10.8. The molecule has 2 aromatic carbocycles. The lowest BCUT2D eigenvalue weighted by molar-refractivity contribution is -0.116. The standard InChI is InChI=1S/C23H29NO5/c1-3-4-5-14-29-22-16-17(7-10-21(22)28-2)8-11-23(27)24-13-12-18-6-9-19(25)20(26)15-18/h6-11,15-16,25-26H,3-5,12-14H2,1-2H3,(H,24,27). The minimum atomic E-state index is -0.214. The minimum Gasteiger partial charge on any atom is -0.504 e. The third kappa shape index (κ3) is 7.41. The van der Waals surface area contributed by atoms with Gasteiger partial charge in [-0.3, -0.25) is 4.79 Å². The van der Waals surface area contributed by atoms with E-state index in [2.05, 4.69) is 12.2 Å². The Bertz CT molecular complexity index is 832. The van der Waals surface area contributed by atoms with Gasteiger partial charge in [-0.05, 0) is 54.3 Å². The van der Waals surface area contributed by atoms with E-state index < -0.39 is 0 Å². The van der Waals surface area contributed by atoms with E-state index in [1.165, 1.54) is 18.2 Å². The summed E-state index contributed by atoms with van der Waals surface area (Å²) >= 11 is 0. The number of unbranched alkanes of at least 4 members (excludes halogenated alkanes) is 2. The molecule has 0 bridgehead atoms. The van der Waals surface area contributed by atoms with Gasteiger partial charge in [-0.15, -0.1) is 0 Å². The van der Waals surface area contributed by atoms with Gasteiger partial charge in [0.1, 0.15) is 0 Å². The number of methoxy groups -OCH3 is 1. The zero-order valence-electron chi connectivity index (χ0n) is 17.0. The molecule has 0 aliphatic carbocycles. The van der Waals surface area contributed by atoms with E-state index in [4.69, 9.17) is 9.47 Å². The first kappa shape index (κ1) is 22.1. The maximum Gasteiger partial charge on any atom is 0.244 e. The fourth-order valence-electron chi connectivity index (χ4n) is 2.73. The Morgan fingerprint density at radius 3 is 2.62 bits per heavy atom. The van der Waals surface area contributed by atoms with Crippen LogP contribution < -0.4 is 14.8 Å². The molecule has 2 rings (SSSR count). The summed E-state index contributed by atoms with van der Waals surface area (Å²) in [5.74, 6) is 0.794. The molecule has 0 aliphatic rings. The van der Waals surface area contributed by atoms with E-state index in [1.807, 2.05) is 18.2 Å². The van der Waals surface area contributed by atoms with Crippen molar-refractivity contribution < 1.29 is 24.5 Å². The van der Waals surface area contributed by atoms with Gasteiger partial charge < -0.3 is 25.0 Å². The number of amides is 1. The SMILES string of the molecule is CCCCCOc1cc(C=CC(=O)NCCc2ccc(O)c(O)c2)ccc1OC. The average Bonchev–Trinajstić information content (AvgIpc) is 2.72. The molecule has 2 aromatic rings. The van der Waals surface area contributed by atoms with Crippen LogP contribution in [0.15, 0.2) is 42.5 Å². The van der Waals surface area contributed by atoms with Crippen LogP contribution in [0.1, 0.15) is 37.3 Å². The molecule has 0 saturated heterocycles. The van der Waals surface area contributed by atoms with Crippen LogP contribution in [0.5, 0.6) is 23.0 Å². The van der Waals surface area contributed by atoms with Crippen molar-refractivity contribution in [3.05, 3.63) is 53.6 Å². The largest absolute Gasteiger partial charge is 0.504 e. The number of hydrogen-bond donors (Lipinski definition) is 3. The van der Waals surface area contributed by atoms with E-state index in [0.717, 1.165) is 30.4 Å². The van der Waals surface area contributed by atoms with Crippen molar-refractivity contribution >= 4 is 12.0 Å². The molecule has 0 atom stereocenters. The summed E-state index contributed by atoms with van der Waals surface area (Å²) in [5, 5.41) is 21.6. The van der Waals surface area contributed by atoms with Gasteiger partial charge in [0.2, 0.25) is 5.91 Å². The summed E-state index contributed by atoms with van der Waals surface area (Å²) in [6, 6.07) is 10.2. The highest BCUT2D eigenvalue weighted by molar-refractivity contribution is 5.91. The maximum absolute atomic E-state index is 12.0. The van der Waals surface area contributed by atoms with Crippen molar-refractivity contribution in [2.24, 2.45) is 0 Å². The molecular formula is C23H29NO5. The van der Waals surface area contributed by atoms with E-state index in [0.29, 0.717) is 31.1 Å². The van der Waals surface area contributed by atoms with Gasteiger partial charge in [-0.1, -0.05) is 31.9 Å². The molecule has 29 heavy (non-hydrogen) atoms. The zero-order valence-corrected chi connectivity index (χ0v) is 17.0. The molecule has 0 aromatic heterocycles. The molecule has 1 amide bonds. The van der Waals surface area contributed by atoms with Crippen LogP contribution in [0.25, 0.3) is 6.08 Å². The Balaban J connectivity index is 1.87. The van der Waals surface area contributed by atoms with Crippen LogP contribution >= 0.6 is 0 Å². The van der Waals surface area contributed by atoms with E-state index in [9.17, 15) is 15.0 Å². The van der Waals surface area contributed by atoms with Crippen molar-refractivity contribution in [3.63, 3.8) is 0 Å². The second-order valence-electron chi connectivity index (χ2n) is 6.66. The number of phenols is 2. The van der Waals surface area contributed by atoms with E-state index in [-0.39, 0.29) is 17.4 Å². The maximum atomic E-state index is 12.0. The topological polar surface area (TPSA) is 88.0 Å². The Morgan fingerprint density at radius 2 is 1.90 bits per heavy atom. The summed E-state index contributed by atoms with van der Waals surface area (Å²) in [4.78, 5) is 12.0. The Kier molecular flexibility index (Phi) is 8.89. The number of aromatic hydroxyl groups is 2. The van der Waals surface area contributed by atoms with Crippen molar-refractivity contribution in [1.82, 2.24) is 5.32 Å². The quantitative estimate of drug-likeness (QED) is 0.301. The molecule has 156 valence electrons. The summed E-state index contributed by atoms with van der Waals surface area (Å²) in [6.45, 7) is 3.19. The van der Waals surface area contributed by atoms with Gasteiger partial charge in [0.15, 0.2) is 23.0 Å². The number of phenolic OH excluding ortho intramolecular Hbond substituents is 2. The van der Waals surface area contributed by atoms with Crippen molar-refractivity contribution in [3.8, 4) is 23.0 Å². The van der Waals surface area contributed by atoms with Crippen molar-refractivity contribution in [2.75, 3.05) is 20.3 Å². The Morgan fingerprint density at radius 1 is 1.07 bits per heavy atom. The highest BCUT2D eigenvalue weighted by atomic mass is 16.5. The molecule has 0 fully saturated rings. The summed E-state index contributed by atoms with van der Waals surface area (Å²) in [5.41, 5.74) is 1.67. The highest BCUT2D eigenvalue weighted by Gasteiger charge is 2.05. The Hall–Kier alpha value is -3.15. The molecule has 0 spiro atoms. The number of rotatable bonds is 11. The van der Waals surface area contributed by atoms with Gasteiger partial charge in [0.25, 0.3) is 0 Å². The monoisotopic (exact) mass is 399 g/mol. The third-order valence-electron chi connectivity index (χ3n) is 4.37. The first-order chi connectivity index (χ1) is 14.0. The van der Waals surface area contributed by atoms with Gasteiger partial charge in [-0.25, -0.2) is 0 Å². The zero-order chi connectivity index (χ0) is 21.1. The van der Waals surface area contributed by atoms with Crippen LogP contribution in [0.2, 0.25) is 0 Å². The van der Waals surface area contributed by atoms with Gasteiger partial charge in [0.05, 0.1) is 13.7 Å². The minimum absolute atomic E-state index is 0.158.